The van der Waals surface area contributed by atoms with E-state index in [1.54, 1.807) is 12.1 Å². The fourth-order valence-corrected chi connectivity index (χ4v) is 2.80. The van der Waals surface area contributed by atoms with Crippen LogP contribution in [0.4, 0.5) is 4.79 Å². The summed E-state index contributed by atoms with van der Waals surface area (Å²) in [5, 5.41) is 2.11. The molecule has 1 N–H and O–H groups in total. The maximum atomic E-state index is 12.1. The van der Waals surface area contributed by atoms with Crippen LogP contribution in [0.25, 0.3) is 6.08 Å². The highest BCUT2D eigenvalue weighted by atomic mass is 127. The highest BCUT2D eigenvalue weighted by molar-refractivity contribution is 14.1. The predicted molar refractivity (Wildman–Crippen MR) is 91.2 cm³/mol. The number of amides is 4. The number of halogens is 1. The maximum Gasteiger partial charge on any atom is 0.331 e. The molecule has 0 aliphatic carbocycles. The molecule has 8 heteroatoms. The molecule has 0 unspecified atom stereocenters. The summed E-state index contributed by atoms with van der Waals surface area (Å²) in [7, 11) is 2.82. The summed E-state index contributed by atoms with van der Waals surface area (Å²) in [6.07, 6.45) is 1.42. The van der Waals surface area contributed by atoms with Gasteiger partial charge in [-0.15, -0.1) is 0 Å². The summed E-state index contributed by atoms with van der Waals surface area (Å²) < 4.78 is 11.6. The normalized spacial score (nSPS) is 16.6. The number of ether oxygens (including phenoxy) is 2. The van der Waals surface area contributed by atoms with E-state index in [1.807, 2.05) is 6.92 Å². The zero-order valence-electron chi connectivity index (χ0n) is 12.8. The lowest BCUT2D eigenvalue weighted by Gasteiger charge is -2.22. The Morgan fingerprint density at radius 3 is 2.61 bits per heavy atom. The number of hydrogen-bond donors (Lipinski definition) is 1. The largest absolute Gasteiger partial charge is 0.493 e. The number of imide groups is 2. The van der Waals surface area contributed by atoms with Gasteiger partial charge in [-0.1, -0.05) is 0 Å². The maximum absolute atomic E-state index is 12.1. The molecule has 1 aromatic carbocycles. The van der Waals surface area contributed by atoms with Gasteiger partial charge in [0.2, 0.25) is 0 Å². The lowest BCUT2D eigenvalue weighted by molar-refractivity contribution is -0.129. The van der Waals surface area contributed by atoms with Gasteiger partial charge in [-0.2, -0.15) is 0 Å². The SMILES string of the molecule is CCOc1c(I)cc(/C=C2\C(=O)NC(=O)N(C)C2=O)cc1OC. The van der Waals surface area contributed by atoms with Crippen molar-refractivity contribution >= 4 is 46.5 Å². The van der Waals surface area contributed by atoms with Crippen molar-refractivity contribution in [2.24, 2.45) is 0 Å². The van der Waals surface area contributed by atoms with Crippen LogP contribution in [0.3, 0.4) is 0 Å². The molecule has 1 heterocycles. The molecular weight excluding hydrogens is 415 g/mol. The first-order valence-corrected chi connectivity index (χ1v) is 7.82. The quantitative estimate of drug-likeness (QED) is 0.448. The Morgan fingerprint density at radius 1 is 1.30 bits per heavy atom. The molecule has 0 atom stereocenters. The lowest BCUT2D eigenvalue weighted by Crippen LogP contribution is -2.52. The molecular formula is C15H15IN2O5. The van der Waals surface area contributed by atoms with Gasteiger partial charge in [0.05, 0.1) is 17.3 Å². The van der Waals surface area contributed by atoms with Crippen LogP contribution in [0.2, 0.25) is 0 Å². The third-order valence-electron chi connectivity index (χ3n) is 3.16. The van der Waals surface area contributed by atoms with Gasteiger partial charge in [0.25, 0.3) is 11.8 Å². The third kappa shape index (κ3) is 3.46. The summed E-state index contributed by atoms with van der Waals surface area (Å²) in [6, 6.07) is 2.69. The van der Waals surface area contributed by atoms with Crippen LogP contribution in [-0.4, -0.2) is 43.5 Å². The zero-order valence-corrected chi connectivity index (χ0v) is 15.0. The number of methoxy groups -OCH3 is 1. The number of nitrogens with one attached hydrogen (secondary N) is 1. The first kappa shape index (κ1) is 17.3. The summed E-state index contributed by atoms with van der Waals surface area (Å²) in [5.41, 5.74) is 0.477. The topological polar surface area (TPSA) is 84.9 Å². The van der Waals surface area contributed by atoms with Crippen molar-refractivity contribution in [2.45, 2.75) is 6.92 Å². The van der Waals surface area contributed by atoms with Gasteiger partial charge in [-0.25, -0.2) is 4.79 Å². The van der Waals surface area contributed by atoms with Gasteiger partial charge in [0.15, 0.2) is 11.5 Å². The van der Waals surface area contributed by atoms with E-state index in [0.717, 1.165) is 8.47 Å². The van der Waals surface area contributed by atoms with E-state index >= 15 is 0 Å². The van der Waals surface area contributed by atoms with Crippen molar-refractivity contribution in [1.82, 2.24) is 10.2 Å². The number of likely N-dealkylation sites (N-methyl/N-ethyl adjacent to an activating group) is 1. The number of nitrogens with zero attached hydrogens (tertiary/aromatic N) is 1. The molecule has 1 aliphatic heterocycles. The van der Waals surface area contributed by atoms with Crippen LogP contribution in [0, 0.1) is 3.57 Å². The molecule has 0 aromatic heterocycles. The number of hydrogen-bond acceptors (Lipinski definition) is 5. The highest BCUT2D eigenvalue weighted by Gasteiger charge is 2.33. The van der Waals surface area contributed by atoms with E-state index in [1.165, 1.54) is 20.2 Å². The van der Waals surface area contributed by atoms with Gasteiger partial charge in [0, 0.05) is 7.05 Å². The molecule has 1 aliphatic rings. The van der Waals surface area contributed by atoms with Crippen molar-refractivity contribution in [3.05, 3.63) is 26.8 Å². The molecule has 2 rings (SSSR count). The van der Waals surface area contributed by atoms with Crippen LogP contribution in [-0.2, 0) is 9.59 Å². The number of benzene rings is 1. The van der Waals surface area contributed by atoms with Gasteiger partial charge in [-0.3, -0.25) is 19.8 Å². The molecule has 4 amide bonds. The molecule has 0 spiro atoms. The monoisotopic (exact) mass is 430 g/mol. The van der Waals surface area contributed by atoms with E-state index in [2.05, 4.69) is 27.9 Å². The number of carbonyl (C=O) groups is 3. The van der Waals surface area contributed by atoms with Crippen molar-refractivity contribution in [1.29, 1.82) is 0 Å². The summed E-state index contributed by atoms with van der Waals surface area (Å²) >= 11 is 2.09. The Labute approximate surface area is 146 Å². The van der Waals surface area contributed by atoms with E-state index in [4.69, 9.17) is 9.47 Å². The van der Waals surface area contributed by atoms with Crippen LogP contribution in [0.5, 0.6) is 11.5 Å². The Morgan fingerprint density at radius 2 is 2.00 bits per heavy atom. The Hall–Kier alpha value is -2.10. The standard InChI is InChI=1S/C15H15IN2O5/c1-4-23-12-10(16)6-8(7-11(12)22-3)5-9-13(19)17-15(21)18(2)14(9)20/h5-7H,4H2,1-3H3,(H,17,19,21)/b9-5+. The van der Waals surface area contributed by atoms with E-state index < -0.39 is 17.8 Å². The fourth-order valence-electron chi connectivity index (χ4n) is 2.02. The minimum absolute atomic E-state index is 0.117. The Kier molecular flexibility index (Phi) is 5.24. The zero-order chi connectivity index (χ0) is 17.1. The first-order chi connectivity index (χ1) is 10.9. The number of carbonyl (C=O) groups excluding carboxylic acids is 3. The Bertz CT molecular complexity index is 714. The number of rotatable bonds is 4. The van der Waals surface area contributed by atoms with E-state index in [9.17, 15) is 14.4 Å². The smallest absolute Gasteiger partial charge is 0.331 e. The summed E-state index contributed by atoms with van der Waals surface area (Å²) in [6.45, 7) is 2.35. The fraction of sp³-hybridized carbons (Fsp3) is 0.267. The molecule has 7 nitrogen and oxygen atoms in total. The molecule has 1 saturated heterocycles. The van der Waals surface area contributed by atoms with Crippen LogP contribution >= 0.6 is 22.6 Å². The van der Waals surface area contributed by atoms with Crippen molar-refractivity contribution < 1.29 is 23.9 Å². The summed E-state index contributed by atoms with van der Waals surface area (Å²) in [5.74, 6) is -0.272. The molecule has 1 fully saturated rings. The van der Waals surface area contributed by atoms with Crippen LogP contribution in [0.15, 0.2) is 17.7 Å². The van der Waals surface area contributed by atoms with E-state index in [-0.39, 0.29) is 5.57 Å². The molecule has 122 valence electrons. The molecule has 0 radical (unpaired) electrons. The number of barbiturate groups is 1. The van der Waals surface area contributed by atoms with Crippen molar-refractivity contribution in [3.63, 3.8) is 0 Å². The van der Waals surface area contributed by atoms with Gasteiger partial charge in [-0.05, 0) is 53.3 Å². The third-order valence-corrected chi connectivity index (χ3v) is 3.96. The van der Waals surface area contributed by atoms with Crippen molar-refractivity contribution in [2.75, 3.05) is 20.8 Å². The Balaban J connectivity index is 2.46. The molecule has 0 saturated carbocycles. The van der Waals surface area contributed by atoms with Gasteiger partial charge < -0.3 is 9.47 Å². The second-order valence-corrected chi connectivity index (χ2v) is 5.81. The second kappa shape index (κ2) is 6.99. The minimum atomic E-state index is -0.740. The predicted octanol–water partition coefficient (Wildman–Crippen LogP) is 1.79. The van der Waals surface area contributed by atoms with Gasteiger partial charge >= 0.3 is 6.03 Å². The lowest BCUT2D eigenvalue weighted by atomic mass is 10.1. The first-order valence-electron chi connectivity index (χ1n) is 6.74. The summed E-state index contributed by atoms with van der Waals surface area (Å²) in [4.78, 5) is 36.2. The van der Waals surface area contributed by atoms with Crippen LogP contribution in [0.1, 0.15) is 12.5 Å². The molecule has 0 bridgehead atoms. The average Bonchev–Trinajstić information content (AvgIpc) is 2.51. The molecule has 23 heavy (non-hydrogen) atoms. The minimum Gasteiger partial charge on any atom is -0.493 e. The number of urea groups is 1. The highest BCUT2D eigenvalue weighted by Crippen LogP contribution is 2.34. The van der Waals surface area contributed by atoms with E-state index in [0.29, 0.717) is 23.7 Å². The second-order valence-electron chi connectivity index (χ2n) is 4.65. The average molecular weight is 430 g/mol. The van der Waals surface area contributed by atoms with Gasteiger partial charge in [0.1, 0.15) is 5.57 Å². The molecule has 1 aromatic rings. The van der Waals surface area contributed by atoms with Crippen LogP contribution < -0.4 is 14.8 Å². The van der Waals surface area contributed by atoms with Crippen molar-refractivity contribution in [3.8, 4) is 11.5 Å².